The molecule has 0 unspecified atom stereocenters. The van der Waals surface area contributed by atoms with Gasteiger partial charge in [-0.3, -0.25) is 4.98 Å². The molecule has 56 heavy (non-hydrogen) atoms. The normalized spacial score (nSPS) is 11.6. The smallest absolute Gasteiger partial charge is 0.160 e. The lowest BCUT2D eigenvalue weighted by atomic mass is 9.87. The largest absolute Gasteiger partial charge is 0.256 e. The van der Waals surface area contributed by atoms with Gasteiger partial charge >= 0.3 is 0 Å². The second kappa shape index (κ2) is 13.1. The van der Waals surface area contributed by atoms with Crippen molar-refractivity contribution < 1.29 is 0 Å². The Bertz CT molecular complexity index is 3270. The zero-order valence-corrected chi connectivity index (χ0v) is 30.4. The molecular formula is C53H33N3. The molecule has 2 heterocycles. The van der Waals surface area contributed by atoms with Crippen LogP contribution in [0.4, 0.5) is 0 Å². The van der Waals surface area contributed by atoms with Gasteiger partial charge in [0.2, 0.25) is 0 Å². The van der Waals surface area contributed by atoms with Gasteiger partial charge in [-0.25, -0.2) is 9.97 Å². The van der Waals surface area contributed by atoms with Crippen LogP contribution in [0.1, 0.15) is 0 Å². The summed E-state index contributed by atoms with van der Waals surface area (Å²) < 4.78 is 0. The van der Waals surface area contributed by atoms with Gasteiger partial charge in [-0.2, -0.15) is 0 Å². The number of aromatic nitrogens is 3. The lowest BCUT2D eigenvalue weighted by Crippen LogP contribution is -1.96. The van der Waals surface area contributed by atoms with Crippen molar-refractivity contribution >= 4 is 54.0 Å². The van der Waals surface area contributed by atoms with Crippen LogP contribution < -0.4 is 0 Å². The fourth-order valence-corrected chi connectivity index (χ4v) is 8.45. The minimum Gasteiger partial charge on any atom is -0.256 e. The molecule has 0 fully saturated rings. The van der Waals surface area contributed by atoms with Crippen LogP contribution in [-0.2, 0) is 0 Å². The summed E-state index contributed by atoms with van der Waals surface area (Å²) in [7, 11) is 0. The summed E-state index contributed by atoms with van der Waals surface area (Å²) >= 11 is 0. The van der Waals surface area contributed by atoms with Crippen LogP contribution in [0, 0.1) is 0 Å². The van der Waals surface area contributed by atoms with E-state index in [1.807, 2.05) is 18.3 Å². The molecule has 0 aliphatic heterocycles. The summed E-state index contributed by atoms with van der Waals surface area (Å²) in [6.07, 6.45) is 1.88. The second-order valence-electron chi connectivity index (χ2n) is 14.3. The van der Waals surface area contributed by atoms with E-state index in [1.54, 1.807) is 0 Å². The van der Waals surface area contributed by atoms with Gasteiger partial charge in [0.1, 0.15) is 0 Å². The van der Waals surface area contributed by atoms with E-state index >= 15 is 0 Å². The Hall–Kier alpha value is -7.49. The van der Waals surface area contributed by atoms with Crippen molar-refractivity contribution in [3.63, 3.8) is 0 Å². The van der Waals surface area contributed by atoms with Crippen LogP contribution in [0.15, 0.2) is 200 Å². The number of hydrogen-bond donors (Lipinski definition) is 0. The number of pyridine rings is 1. The van der Waals surface area contributed by atoms with Gasteiger partial charge in [0.25, 0.3) is 0 Å². The Kier molecular flexibility index (Phi) is 7.49. The monoisotopic (exact) mass is 711 g/mol. The molecule has 0 bridgehead atoms. The van der Waals surface area contributed by atoms with Crippen LogP contribution in [-0.4, -0.2) is 15.0 Å². The first-order chi connectivity index (χ1) is 27.8. The molecule has 0 spiro atoms. The highest BCUT2D eigenvalue weighted by atomic mass is 14.9. The van der Waals surface area contributed by atoms with Crippen molar-refractivity contribution in [2.45, 2.75) is 0 Å². The average molecular weight is 712 g/mol. The molecule has 3 nitrogen and oxygen atoms in total. The van der Waals surface area contributed by atoms with Crippen molar-refractivity contribution in [2.24, 2.45) is 0 Å². The first kappa shape index (κ1) is 32.0. The standard InChI is InChI=1S/C53H33N3/c1-2-12-36(13-3-1)50-33-51(56-53(55-50)38-28-24-34(25-29-38)39-30-31-54-49-21-11-10-18-44(39)49)37-26-22-35(23-27-37)47-32-48-42-16-5-4-14-40(42)41-15-6-8-19-45(41)52(48)46-20-9-7-17-43(46)47/h1-33H. The third-order valence-corrected chi connectivity index (χ3v) is 11.1. The number of benzene rings is 9. The maximum Gasteiger partial charge on any atom is 0.160 e. The Balaban J connectivity index is 1.03. The van der Waals surface area contributed by atoms with Crippen molar-refractivity contribution in [1.29, 1.82) is 0 Å². The van der Waals surface area contributed by atoms with Crippen LogP contribution in [0.3, 0.4) is 0 Å². The lowest BCUT2D eigenvalue weighted by Gasteiger charge is -2.16. The van der Waals surface area contributed by atoms with Gasteiger partial charge in [0.05, 0.1) is 16.9 Å². The molecule has 11 aromatic rings. The topological polar surface area (TPSA) is 38.7 Å². The quantitative estimate of drug-likeness (QED) is 0.167. The van der Waals surface area contributed by atoms with Gasteiger partial charge < -0.3 is 0 Å². The number of para-hydroxylation sites is 1. The molecular weight excluding hydrogens is 679 g/mol. The maximum atomic E-state index is 5.19. The lowest BCUT2D eigenvalue weighted by molar-refractivity contribution is 1.18. The minimum absolute atomic E-state index is 0.691. The minimum atomic E-state index is 0.691. The van der Waals surface area contributed by atoms with Crippen LogP contribution in [0.25, 0.3) is 110 Å². The van der Waals surface area contributed by atoms with Gasteiger partial charge in [0.15, 0.2) is 5.82 Å². The fraction of sp³-hybridized carbons (Fsp3) is 0. The highest BCUT2D eigenvalue weighted by molar-refractivity contribution is 6.33. The molecule has 0 saturated carbocycles. The Morgan fingerprint density at radius 3 is 1.43 bits per heavy atom. The van der Waals surface area contributed by atoms with E-state index in [9.17, 15) is 0 Å². The van der Waals surface area contributed by atoms with Crippen molar-refractivity contribution in [3.8, 4) is 56.2 Å². The highest BCUT2D eigenvalue weighted by Gasteiger charge is 2.16. The Morgan fingerprint density at radius 1 is 0.286 bits per heavy atom. The number of hydrogen-bond acceptors (Lipinski definition) is 3. The number of rotatable bonds is 5. The molecule has 0 atom stereocenters. The molecule has 0 N–H and O–H groups in total. The van der Waals surface area contributed by atoms with E-state index in [0.717, 1.165) is 50.1 Å². The first-order valence-corrected chi connectivity index (χ1v) is 19.0. The van der Waals surface area contributed by atoms with Crippen LogP contribution >= 0.6 is 0 Å². The molecule has 0 saturated heterocycles. The van der Waals surface area contributed by atoms with E-state index in [4.69, 9.17) is 9.97 Å². The van der Waals surface area contributed by atoms with Crippen molar-refractivity contribution in [1.82, 2.24) is 15.0 Å². The highest BCUT2D eigenvalue weighted by Crippen LogP contribution is 2.43. The molecule has 0 amide bonds. The summed E-state index contributed by atoms with van der Waals surface area (Å²) in [6, 6.07) is 69.1. The Labute approximate surface area is 324 Å². The SMILES string of the molecule is c1ccc(-c2cc(-c3ccc(-c4cc5c6ccccc6c6ccccc6c5c5ccccc45)cc3)nc(-c3ccc(-c4ccnc5ccccc45)cc3)n2)cc1. The third kappa shape index (κ3) is 5.32. The van der Waals surface area contributed by atoms with E-state index < -0.39 is 0 Å². The van der Waals surface area contributed by atoms with E-state index in [0.29, 0.717) is 5.82 Å². The van der Waals surface area contributed by atoms with Gasteiger partial charge in [-0.1, -0.05) is 170 Å². The predicted molar refractivity (Wildman–Crippen MR) is 235 cm³/mol. The zero-order chi connectivity index (χ0) is 37.0. The molecule has 9 aromatic carbocycles. The van der Waals surface area contributed by atoms with Crippen LogP contribution in [0.5, 0.6) is 0 Å². The third-order valence-electron chi connectivity index (χ3n) is 11.1. The number of nitrogens with zero attached hydrogens (tertiary/aromatic N) is 3. The first-order valence-electron chi connectivity index (χ1n) is 19.0. The van der Waals surface area contributed by atoms with E-state index in [2.05, 4.69) is 187 Å². The Morgan fingerprint density at radius 2 is 0.750 bits per heavy atom. The van der Waals surface area contributed by atoms with Crippen LogP contribution in [0.2, 0.25) is 0 Å². The summed E-state index contributed by atoms with van der Waals surface area (Å²) in [5.41, 5.74) is 10.5. The number of fused-ring (bicyclic) bond motifs is 9. The molecule has 2 aromatic heterocycles. The van der Waals surface area contributed by atoms with Gasteiger partial charge in [0, 0.05) is 28.3 Å². The average Bonchev–Trinajstić information content (AvgIpc) is 3.29. The molecule has 0 aliphatic carbocycles. The fourth-order valence-electron chi connectivity index (χ4n) is 8.45. The molecule has 11 rings (SSSR count). The summed E-state index contributed by atoms with van der Waals surface area (Å²) in [6.45, 7) is 0. The van der Waals surface area contributed by atoms with E-state index in [-0.39, 0.29) is 0 Å². The van der Waals surface area contributed by atoms with Crippen molar-refractivity contribution in [2.75, 3.05) is 0 Å². The predicted octanol–water partition coefficient (Wildman–Crippen LogP) is 14.0. The van der Waals surface area contributed by atoms with Gasteiger partial charge in [-0.15, -0.1) is 0 Å². The maximum absolute atomic E-state index is 5.19. The zero-order valence-electron chi connectivity index (χ0n) is 30.4. The summed E-state index contributed by atoms with van der Waals surface area (Å²) in [5, 5.41) is 11.3. The summed E-state index contributed by atoms with van der Waals surface area (Å²) in [4.78, 5) is 14.9. The summed E-state index contributed by atoms with van der Waals surface area (Å²) in [5.74, 6) is 0.691. The molecule has 0 radical (unpaired) electrons. The van der Waals surface area contributed by atoms with Crippen molar-refractivity contribution in [3.05, 3.63) is 200 Å². The van der Waals surface area contributed by atoms with E-state index in [1.165, 1.54) is 54.2 Å². The van der Waals surface area contributed by atoms with Gasteiger partial charge in [-0.05, 0) is 89.6 Å². The molecule has 0 aliphatic rings. The molecule has 260 valence electrons. The molecule has 3 heteroatoms. The second-order valence-corrected chi connectivity index (χ2v) is 14.3.